The number of unbranched alkanes of at least 4 members (excludes halogenated alkanes) is 1. The fraction of sp³-hybridized carbons (Fsp3) is 0.562. The predicted molar refractivity (Wildman–Crippen MR) is 80.7 cm³/mol. The number of hydrogen-bond donors (Lipinski definition) is 2. The van der Waals surface area contributed by atoms with Crippen LogP contribution in [0.25, 0.3) is 0 Å². The Morgan fingerprint density at radius 1 is 1.50 bits per heavy atom. The normalized spacial score (nSPS) is 19.4. The number of rotatable bonds is 5. The van der Waals surface area contributed by atoms with Crippen LogP contribution < -0.4 is 10.2 Å². The lowest BCUT2D eigenvalue weighted by molar-refractivity contribution is -0.122. The molecule has 0 saturated carbocycles. The van der Waals surface area contributed by atoms with Crippen LogP contribution in [-0.2, 0) is 4.79 Å². The summed E-state index contributed by atoms with van der Waals surface area (Å²) in [5.41, 5.74) is 1.90. The summed E-state index contributed by atoms with van der Waals surface area (Å²) in [5.74, 6) is 0.0599. The highest BCUT2D eigenvalue weighted by Crippen LogP contribution is 2.34. The van der Waals surface area contributed by atoms with Crippen LogP contribution >= 0.6 is 0 Å². The molecule has 1 aliphatic heterocycles. The SMILES string of the molecule is CCCCNC(=O)C(C)N1CCC(O)c2ccccc21. The molecule has 4 heteroatoms. The molecule has 1 heterocycles. The lowest BCUT2D eigenvalue weighted by atomic mass is 9.97. The summed E-state index contributed by atoms with van der Waals surface area (Å²) in [6, 6.07) is 7.59. The smallest absolute Gasteiger partial charge is 0.242 e. The fourth-order valence-electron chi connectivity index (χ4n) is 2.65. The highest BCUT2D eigenvalue weighted by Gasteiger charge is 2.29. The van der Waals surface area contributed by atoms with Crippen molar-refractivity contribution in [1.29, 1.82) is 0 Å². The molecule has 0 saturated heterocycles. The Balaban J connectivity index is 2.09. The lowest BCUT2D eigenvalue weighted by Crippen LogP contribution is -2.47. The molecule has 2 N–H and O–H groups in total. The van der Waals surface area contributed by atoms with Crippen molar-refractivity contribution in [2.75, 3.05) is 18.0 Å². The van der Waals surface area contributed by atoms with Crippen LogP contribution in [-0.4, -0.2) is 30.1 Å². The summed E-state index contributed by atoms with van der Waals surface area (Å²) in [6.07, 6.45) is 2.34. The Morgan fingerprint density at radius 2 is 2.25 bits per heavy atom. The standard InChI is InChI=1S/C16H24N2O2/c1-3-4-10-17-16(20)12(2)18-11-9-15(19)13-7-5-6-8-14(13)18/h5-8,12,15,19H,3-4,9-11H2,1-2H3,(H,17,20). The molecular formula is C16H24N2O2. The molecule has 2 atom stereocenters. The van der Waals surface area contributed by atoms with E-state index in [2.05, 4.69) is 17.1 Å². The van der Waals surface area contributed by atoms with Gasteiger partial charge in [-0.05, 0) is 25.8 Å². The first-order valence-electron chi connectivity index (χ1n) is 7.46. The van der Waals surface area contributed by atoms with Gasteiger partial charge in [0.25, 0.3) is 0 Å². The van der Waals surface area contributed by atoms with Gasteiger partial charge in [0.15, 0.2) is 0 Å². The minimum Gasteiger partial charge on any atom is -0.388 e. The quantitative estimate of drug-likeness (QED) is 0.811. The van der Waals surface area contributed by atoms with Crippen molar-refractivity contribution in [3.8, 4) is 0 Å². The number of amides is 1. The van der Waals surface area contributed by atoms with Crippen molar-refractivity contribution in [3.05, 3.63) is 29.8 Å². The molecule has 0 aromatic heterocycles. The van der Waals surface area contributed by atoms with E-state index in [1.54, 1.807) is 0 Å². The second-order valence-electron chi connectivity index (χ2n) is 5.38. The van der Waals surface area contributed by atoms with Crippen LogP contribution in [0.3, 0.4) is 0 Å². The zero-order valence-electron chi connectivity index (χ0n) is 12.3. The van der Waals surface area contributed by atoms with Gasteiger partial charge < -0.3 is 15.3 Å². The van der Waals surface area contributed by atoms with E-state index in [-0.39, 0.29) is 11.9 Å². The van der Waals surface area contributed by atoms with Crippen molar-refractivity contribution in [3.63, 3.8) is 0 Å². The summed E-state index contributed by atoms with van der Waals surface area (Å²) < 4.78 is 0. The second-order valence-corrected chi connectivity index (χ2v) is 5.38. The molecule has 0 aliphatic carbocycles. The van der Waals surface area contributed by atoms with Gasteiger partial charge in [-0.2, -0.15) is 0 Å². The van der Waals surface area contributed by atoms with E-state index >= 15 is 0 Å². The number of carbonyl (C=O) groups is 1. The van der Waals surface area contributed by atoms with Crippen molar-refractivity contribution < 1.29 is 9.90 Å². The molecule has 1 aliphatic rings. The number of aliphatic hydroxyl groups excluding tert-OH is 1. The minimum atomic E-state index is -0.419. The Bertz CT molecular complexity index is 462. The van der Waals surface area contributed by atoms with Crippen LogP contribution in [0, 0.1) is 0 Å². The molecular weight excluding hydrogens is 252 g/mol. The molecule has 1 aromatic carbocycles. The molecule has 2 rings (SSSR count). The summed E-state index contributed by atoms with van der Waals surface area (Å²) in [6.45, 7) is 5.48. The van der Waals surface area contributed by atoms with Crippen molar-refractivity contribution in [2.24, 2.45) is 0 Å². The van der Waals surface area contributed by atoms with E-state index < -0.39 is 6.10 Å². The van der Waals surface area contributed by atoms with Gasteiger partial charge in [0, 0.05) is 24.3 Å². The van der Waals surface area contributed by atoms with Gasteiger partial charge >= 0.3 is 0 Å². The number of anilines is 1. The molecule has 110 valence electrons. The number of nitrogens with one attached hydrogen (secondary N) is 1. The first-order valence-corrected chi connectivity index (χ1v) is 7.46. The largest absolute Gasteiger partial charge is 0.388 e. The molecule has 2 unspecified atom stereocenters. The third-order valence-electron chi connectivity index (χ3n) is 3.93. The van der Waals surface area contributed by atoms with Crippen LogP contribution in [0.1, 0.15) is 44.8 Å². The predicted octanol–water partition coefficient (Wildman–Crippen LogP) is 2.23. The molecule has 1 amide bonds. The zero-order chi connectivity index (χ0) is 14.5. The molecule has 1 aromatic rings. The van der Waals surface area contributed by atoms with E-state index in [1.807, 2.05) is 31.2 Å². The minimum absolute atomic E-state index is 0.0599. The number of hydrogen-bond acceptors (Lipinski definition) is 3. The van der Waals surface area contributed by atoms with Gasteiger partial charge in [0.2, 0.25) is 5.91 Å². The maximum Gasteiger partial charge on any atom is 0.242 e. The maximum absolute atomic E-state index is 12.2. The lowest BCUT2D eigenvalue weighted by Gasteiger charge is -2.37. The monoisotopic (exact) mass is 276 g/mol. The van der Waals surface area contributed by atoms with Crippen LogP contribution in [0.15, 0.2) is 24.3 Å². The number of para-hydroxylation sites is 1. The van der Waals surface area contributed by atoms with Crippen molar-refractivity contribution in [2.45, 2.75) is 45.3 Å². The summed E-state index contributed by atoms with van der Waals surface area (Å²) >= 11 is 0. The summed E-state index contributed by atoms with van der Waals surface area (Å²) in [7, 11) is 0. The number of fused-ring (bicyclic) bond motifs is 1. The Kier molecular flexibility index (Phi) is 5.01. The number of aliphatic hydroxyl groups is 1. The van der Waals surface area contributed by atoms with Gasteiger partial charge in [0.1, 0.15) is 6.04 Å². The Hall–Kier alpha value is -1.55. The van der Waals surface area contributed by atoms with E-state index in [1.165, 1.54) is 0 Å². The average Bonchev–Trinajstić information content (AvgIpc) is 2.47. The Labute approximate surface area is 120 Å². The Morgan fingerprint density at radius 3 is 3.00 bits per heavy atom. The van der Waals surface area contributed by atoms with E-state index in [0.717, 1.165) is 30.6 Å². The van der Waals surface area contributed by atoms with Gasteiger partial charge in [-0.15, -0.1) is 0 Å². The van der Waals surface area contributed by atoms with Crippen LogP contribution in [0.2, 0.25) is 0 Å². The van der Waals surface area contributed by atoms with E-state index in [0.29, 0.717) is 13.0 Å². The molecule has 0 spiro atoms. The van der Waals surface area contributed by atoms with Gasteiger partial charge in [-0.1, -0.05) is 31.5 Å². The van der Waals surface area contributed by atoms with Crippen LogP contribution in [0.5, 0.6) is 0 Å². The summed E-state index contributed by atoms with van der Waals surface area (Å²) in [5, 5.41) is 13.0. The molecule has 0 fully saturated rings. The van der Waals surface area contributed by atoms with E-state index in [9.17, 15) is 9.90 Å². The van der Waals surface area contributed by atoms with Gasteiger partial charge in [-0.25, -0.2) is 0 Å². The highest BCUT2D eigenvalue weighted by molar-refractivity contribution is 5.85. The molecule has 20 heavy (non-hydrogen) atoms. The van der Waals surface area contributed by atoms with Gasteiger partial charge in [-0.3, -0.25) is 4.79 Å². The molecule has 4 nitrogen and oxygen atoms in total. The topological polar surface area (TPSA) is 52.6 Å². The first-order chi connectivity index (χ1) is 9.65. The van der Waals surface area contributed by atoms with Gasteiger partial charge in [0.05, 0.1) is 6.10 Å². The third-order valence-corrected chi connectivity index (χ3v) is 3.93. The second kappa shape index (κ2) is 6.75. The maximum atomic E-state index is 12.2. The highest BCUT2D eigenvalue weighted by atomic mass is 16.3. The number of benzene rings is 1. The first kappa shape index (κ1) is 14.9. The van der Waals surface area contributed by atoms with Crippen molar-refractivity contribution in [1.82, 2.24) is 5.32 Å². The number of carbonyl (C=O) groups excluding carboxylic acids is 1. The van der Waals surface area contributed by atoms with E-state index in [4.69, 9.17) is 0 Å². The average molecular weight is 276 g/mol. The molecule has 0 radical (unpaired) electrons. The summed E-state index contributed by atoms with van der Waals surface area (Å²) in [4.78, 5) is 14.3. The third kappa shape index (κ3) is 3.12. The zero-order valence-corrected chi connectivity index (χ0v) is 12.3. The van der Waals surface area contributed by atoms with Crippen LogP contribution in [0.4, 0.5) is 5.69 Å². The van der Waals surface area contributed by atoms with Crippen molar-refractivity contribution >= 4 is 11.6 Å². The number of nitrogens with zero attached hydrogens (tertiary/aromatic N) is 1. The fourth-order valence-corrected chi connectivity index (χ4v) is 2.65. The molecule has 0 bridgehead atoms.